The number of hydrogen-bond donors (Lipinski definition) is 2. The summed E-state index contributed by atoms with van der Waals surface area (Å²) >= 11 is 2.10. The van der Waals surface area contributed by atoms with Gasteiger partial charge in [0.15, 0.2) is 11.5 Å². The summed E-state index contributed by atoms with van der Waals surface area (Å²) in [5.41, 5.74) is 4.19. The number of rotatable bonds is 11. The van der Waals surface area contributed by atoms with Gasteiger partial charge in [0.05, 0.1) is 33.3 Å². The van der Waals surface area contributed by atoms with Crippen LogP contribution < -0.4 is 14.9 Å². The van der Waals surface area contributed by atoms with Crippen LogP contribution in [-0.2, 0) is 17.8 Å². The Bertz CT molecular complexity index is 1290. The molecule has 3 aromatic rings. The smallest absolute Gasteiger partial charge is 0.335 e. The minimum absolute atomic E-state index is 0.124. The molecule has 0 fully saturated rings. The molecule has 2 N–H and O–H groups in total. The highest BCUT2D eigenvalue weighted by Gasteiger charge is 2.15. The molecule has 0 aromatic heterocycles. The van der Waals surface area contributed by atoms with Crippen molar-refractivity contribution in [2.75, 3.05) is 6.61 Å². The minimum Gasteiger partial charge on any atom is -0.490 e. The van der Waals surface area contributed by atoms with E-state index in [1.54, 1.807) is 30.3 Å². The van der Waals surface area contributed by atoms with E-state index < -0.39 is 16.8 Å². The molecule has 0 aliphatic heterocycles. The number of amides is 1. The number of nitro groups is 1. The number of nitrogens with one attached hydrogen (secondary N) is 1. The molecule has 0 atom stereocenters. The molecule has 0 aliphatic rings. The summed E-state index contributed by atoms with van der Waals surface area (Å²) in [7, 11) is 0. The van der Waals surface area contributed by atoms with E-state index in [1.807, 2.05) is 6.92 Å². The van der Waals surface area contributed by atoms with Crippen LogP contribution >= 0.6 is 22.6 Å². The van der Waals surface area contributed by atoms with Crippen molar-refractivity contribution in [2.45, 2.75) is 20.0 Å². The van der Waals surface area contributed by atoms with Crippen molar-refractivity contribution in [3.8, 4) is 11.5 Å². The van der Waals surface area contributed by atoms with Gasteiger partial charge in [0.1, 0.15) is 6.61 Å². The zero-order chi connectivity index (χ0) is 26.1. The van der Waals surface area contributed by atoms with Crippen molar-refractivity contribution in [2.24, 2.45) is 5.10 Å². The van der Waals surface area contributed by atoms with Crippen LogP contribution in [-0.4, -0.2) is 34.7 Å². The van der Waals surface area contributed by atoms with Gasteiger partial charge in [-0.1, -0.05) is 30.3 Å². The highest BCUT2D eigenvalue weighted by Crippen LogP contribution is 2.34. The second-order valence-corrected chi connectivity index (χ2v) is 8.57. The number of benzene rings is 3. The topological polar surface area (TPSA) is 140 Å². The Labute approximate surface area is 220 Å². The van der Waals surface area contributed by atoms with Crippen LogP contribution in [0.4, 0.5) is 5.69 Å². The van der Waals surface area contributed by atoms with Crippen molar-refractivity contribution in [3.63, 3.8) is 0 Å². The average molecular weight is 603 g/mol. The fraction of sp³-hybridized carbons (Fsp3) is 0.160. The van der Waals surface area contributed by atoms with E-state index in [-0.39, 0.29) is 24.3 Å². The highest BCUT2D eigenvalue weighted by atomic mass is 127. The predicted octanol–water partition coefficient (Wildman–Crippen LogP) is 4.57. The third-order valence-corrected chi connectivity index (χ3v) is 5.66. The lowest BCUT2D eigenvalue weighted by Gasteiger charge is -2.15. The van der Waals surface area contributed by atoms with Crippen molar-refractivity contribution in [1.82, 2.24) is 5.43 Å². The lowest BCUT2D eigenvalue weighted by molar-refractivity contribution is -0.385. The third-order valence-electron chi connectivity index (χ3n) is 4.86. The number of aromatic carboxylic acids is 1. The molecule has 11 heteroatoms. The number of halogens is 1. The number of hydrogen-bond acceptors (Lipinski definition) is 7. The number of carboxylic acid groups (broad SMARTS) is 1. The maximum atomic E-state index is 12.2. The van der Waals surface area contributed by atoms with Crippen molar-refractivity contribution >= 4 is 46.4 Å². The fourth-order valence-electron chi connectivity index (χ4n) is 3.19. The minimum atomic E-state index is -0.995. The molecule has 0 radical (unpaired) electrons. The maximum absolute atomic E-state index is 12.2. The molecule has 0 unspecified atom stereocenters. The molecular formula is C25H22IN3O7. The molecular weight excluding hydrogens is 581 g/mol. The van der Waals surface area contributed by atoms with Gasteiger partial charge in [-0.2, -0.15) is 5.10 Å². The molecule has 1 amide bonds. The van der Waals surface area contributed by atoms with Gasteiger partial charge in [-0.15, -0.1) is 0 Å². The molecule has 3 rings (SSSR count). The average Bonchev–Trinajstić information content (AvgIpc) is 2.84. The van der Waals surface area contributed by atoms with E-state index >= 15 is 0 Å². The summed E-state index contributed by atoms with van der Waals surface area (Å²) in [6.45, 7) is 2.45. The molecule has 0 bridgehead atoms. The van der Waals surface area contributed by atoms with E-state index in [4.69, 9.17) is 14.6 Å². The van der Waals surface area contributed by atoms with E-state index in [0.29, 0.717) is 29.2 Å². The van der Waals surface area contributed by atoms with E-state index in [1.165, 1.54) is 36.5 Å². The van der Waals surface area contributed by atoms with Crippen LogP contribution in [0.1, 0.15) is 34.0 Å². The summed E-state index contributed by atoms with van der Waals surface area (Å²) in [6, 6.07) is 15.9. The monoisotopic (exact) mass is 603 g/mol. The number of hydrazone groups is 1. The second kappa shape index (κ2) is 12.6. The quantitative estimate of drug-likeness (QED) is 0.142. The molecule has 0 saturated heterocycles. The molecule has 0 aliphatic carbocycles. The van der Waals surface area contributed by atoms with Crippen molar-refractivity contribution in [1.29, 1.82) is 0 Å². The standard InChI is InChI=1S/C25H22IN3O7/c1-2-35-22-12-17(14-27-28-23(30)13-19-5-3-4-6-21(19)29(33)34)11-20(26)24(22)36-15-16-7-9-18(10-8-16)25(31)32/h3-12,14H,2,13,15H2,1H3,(H,28,30)(H,31,32)/b27-14+. The zero-order valence-electron chi connectivity index (χ0n) is 19.1. The fourth-order valence-corrected chi connectivity index (χ4v) is 3.98. The van der Waals surface area contributed by atoms with Crippen LogP contribution in [0, 0.1) is 13.7 Å². The van der Waals surface area contributed by atoms with Gasteiger partial charge in [-0.25, -0.2) is 10.2 Å². The van der Waals surface area contributed by atoms with Gasteiger partial charge in [-0.3, -0.25) is 14.9 Å². The summed E-state index contributed by atoms with van der Waals surface area (Å²) in [4.78, 5) is 33.8. The van der Waals surface area contributed by atoms with Crippen LogP contribution in [0.25, 0.3) is 0 Å². The van der Waals surface area contributed by atoms with E-state index in [0.717, 1.165) is 9.13 Å². The predicted molar refractivity (Wildman–Crippen MR) is 141 cm³/mol. The van der Waals surface area contributed by atoms with E-state index in [2.05, 4.69) is 33.1 Å². The van der Waals surface area contributed by atoms with Gasteiger partial charge in [0.25, 0.3) is 5.69 Å². The van der Waals surface area contributed by atoms with Crippen LogP contribution in [0.3, 0.4) is 0 Å². The van der Waals surface area contributed by atoms with Gasteiger partial charge in [-0.05, 0) is 64.9 Å². The van der Waals surface area contributed by atoms with Crippen LogP contribution in [0.15, 0.2) is 65.8 Å². The summed E-state index contributed by atoms with van der Waals surface area (Å²) < 4.78 is 12.4. The Morgan fingerprint density at radius 1 is 1.14 bits per heavy atom. The number of nitro benzene ring substituents is 1. The largest absolute Gasteiger partial charge is 0.490 e. The molecule has 0 saturated carbocycles. The number of para-hydroxylation sites is 1. The molecule has 186 valence electrons. The van der Waals surface area contributed by atoms with Gasteiger partial charge >= 0.3 is 5.97 Å². The summed E-state index contributed by atoms with van der Waals surface area (Å²) in [6.07, 6.45) is 1.26. The molecule has 10 nitrogen and oxygen atoms in total. The Hall–Kier alpha value is -4.00. The summed E-state index contributed by atoms with van der Waals surface area (Å²) in [5, 5.41) is 24.1. The van der Waals surface area contributed by atoms with Crippen molar-refractivity contribution in [3.05, 3.63) is 96.6 Å². The maximum Gasteiger partial charge on any atom is 0.335 e. The van der Waals surface area contributed by atoms with E-state index in [9.17, 15) is 19.7 Å². The molecule has 0 heterocycles. The molecule has 3 aromatic carbocycles. The molecule has 0 spiro atoms. The molecule has 36 heavy (non-hydrogen) atoms. The Morgan fingerprint density at radius 2 is 1.86 bits per heavy atom. The number of carboxylic acids is 1. The van der Waals surface area contributed by atoms with Crippen molar-refractivity contribution < 1.29 is 29.1 Å². The van der Waals surface area contributed by atoms with Gasteiger partial charge in [0, 0.05) is 11.6 Å². The lowest BCUT2D eigenvalue weighted by Crippen LogP contribution is -2.20. The first-order valence-electron chi connectivity index (χ1n) is 10.7. The Balaban J connectivity index is 1.67. The first-order valence-corrected chi connectivity index (χ1v) is 11.8. The van der Waals surface area contributed by atoms with Crippen LogP contribution in [0.5, 0.6) is 11.5 Å². The first-order chi connectivity index (χ1) is 17.3. The SMILES string of the molecule is CCOc1cc(/C=N/NC(=O)Cc2ccccc2[N+](=O)[O-])cc(I)c1OCc1ccc(C(=O)O)cc1. The second-order valence-electron chi connectivity index (χ2n) is 7.41. The lowest BCUT2D eigenvalue weighted by atomic mass is 10.1. The Kier molecular flexibility index (Phi) is 9.33. The zero-order valence-corrected chi connectivity index (χ0v) is 21.3. The van der Waals surface area contributed by atoms with Gasteiger partial charge < -0.3 is 14.6 Å². The number of carbonyl (C=O) groups is 2. The third kappa shape index (κ3) is 7.25. The summed E-state index contributed by atoms with van der Waals surface area (Å²) in [5.74, 6) is -0.476. The number of ether oxygens (including phenoxy) is 2. The normalized spacial score (nSPS) is 10.7. The number of carbonyl (C=O) groups excluding carboxylic acids is 1. The highest BCUT2D eigenvalue weighted by molar-refractivity contribution is 14.1. The Morgan fingerprint density at radius 3 is 2.53 bits per heavy atom. The van der Waals surface area contributed by atoms with Gasteiger partial charge in [0.2, 0.25) is 5.91 Å². The first kappa shape index (κ1) is 26.6. The van der Waals surface area contributed by atoms with Crippen LogP contribution in [0.2, 0.25) is 0 Å². The number of nitrogens with zero attached hydrogens (tertiary/aromatic N) is 2.